The first-order chi connectivity index (χ1) is 27.0. The molecule has 0 aromatic heterocycles. The van der Waals surface area contributed by atoms with Crippen LogP contribution in [0, 0.1) is 0 Å². The van der Waals surface area contributed by atoms with Gasteiger partial charge in [-0.15, -0.1) is 0 Å². The topological polar surface area (TPSA) is 78.9 Å². The van der Waals surface area contributed by atoms with Crippen LogP contribution in [0.3, 0.4) is 0 Å². The Morgan fingerprint density at radius 2 is 0.491 bits per heavy atom. The fourth-order valence-corrected chi connectivity index (χ4v) is 7.38. The van der Waals surface area contributed by atoms with Crippen LogP contribution < -0.4 is 0 Å². The molecule has 55 heavy (non-hydrogen) atoms. The summed E-state index contributed by atoms with van der Waals surface area (Å²) in [7, 11) is 0. The van der Waals surface area contributed by atoms with Gasteiger partial charge in [0.05, 0.1) is 0 Å². The zero-order valence-electron chi connectivity index (χ0n) is 37.2. The third-order valence-corrected chi connectivity index (χ3v) is 11.1. The van der Waals surface area contributed by atoms with Crippen LogP contribution in [0.25, 0.3) is 0 Å². The van der Waals surface area contributed by atoms with Crippen LogP contribution in [0.2, 0.25) is 0 Å². The summed E-state index contributed by atoms with van der Waals surface area (Å²) in [6.45, 7) is 6.54. The molecule has 0 aromatic carbocycles. The lowest BCUT2D eigenvalue weighted by Crippen LogP contribution is -2.30. The van der Waals surface area contributed by atoms with E-state index >= 15 is 0 Å². The quantitative estimate of drug-likeness (QED) is 0.0348. The average Bonchev–Trinajstić information content (AvgIpc) is 3.18. The second-order valence-electron chi connectivity index (χ2n) is 16.7. The van der Waals surface area contributed by atoms with Gasteiger partial charge in [0, 0.05) is 19.3 Å². The van der Waals surface area contributed by atoms with E-state index in [0.29, 0.717) is 19.3 Å². The summed E-state index contributed by atoms with van der Waals surface area (Å²) >= 11 is 0. The zero-order valence-corrected chi connectivity index (χ0v) is 37.2. The van der Waals surface area contributed by atoms with Gasteiger partial charge in [0.25, 0.3) is 0 Å². The molecule has 0 N–H and O–H groups in total. The van der Waals surface area contributed by atoms with Gasteiger partial charge in [-0.2, -0.15) is 0 Å². The SMILES string of the molecule is CCCCCCCCCCCCCCCCCCCCCCCCCCCC(=O)OCC(COC(=O)CCCCCCC)OC(=O)CCCCCCCCC. The molecule has 0 aromatic rings. The summed E-state index contributed by atoms with van der Waals surface area (Å²) in [5.74, 6) is -0.874. The Hall–Kier alpha value is -1.59. The minimum atomic E-state index is -0.755. The fraction of sp³-hybridized carbons (Fsp3) is 0.939. The monoisotopic (exact) mass is 779 g/mol. The lowest BCUT2D eigenvalue weighted by atomic mass is 10.0. The third-order valence-electron chi connectivity index (χ3n) is 11.1. The smallest absolute Gasteiger partial charge is 0.306 e. The molecule has 0 rings (SSSR count). The highest BCUT2D eigenvalue weighted by molar-refractivity contribution is 5.71. The van der Waals surface area contributed by atoms with Crippen LogP contribution in [0.1, 0.15) is 278 Å². The first-order valence-electron chi connectivity index (χ1n) is 24.5. The van der Waals surface area contributed by atoms with E-state index in [4.69, 9.17) is 14.2 Å². The molecule has 326 valence electrons. The minimum absolute atomic E-state index is 0.0647. The summed E-state index contributed by atoms with van der Waals surface area (Å²) in [5, 5.41) is 0. The molecule has 0 fully saturated rings. The van der Waals surface area contributed by atoms with E-state index in [1.165, 1.54) is 173 Å². The second-order valence-corrected chi connectivity index (χ2v) is 16.7. The molecule has 1 unspecified atom stereocenters. The second kappa shape index (κ2) is 45.1. The van der Waals surface area contributed by atoms with Gasteiger partial charge in [-0.3, -0.25) is 14.4 Å². The maximum Gasteiger partial charge on any atom is 0.306 e. The Morgan fingerprint density at radius 1 is 0.291 bits per heavy atom. The van der Waals surface area contributed by atoms with Crippen LogP contribution >= 0.6 is 0 Å². The summed E-state index contributed by atoms with van der Waals surface area (Å²) < 4.78 is 16.5. The Bertz CT molecular complexity index is 813. The van der Waals surface area contributed by atoms with Crippen molar-refractivity contribution in [1.82, 2.24) is 0 Å². The zero-order chi connectivity index (χ0) is 40.1. The number of ether oxygens (including phenoxy) is 3. The lowest BCUT2D eigenvalue weighted by Gasteiger charge is -2.18. The molecule has 0 amide bonds. The van der Waals surface area contributed by atoms with Gasteiger partial charge in [0.15, 0.2) is 6.10 Å². The molecule has 1 atom stereocenters. The molecule has 0 aliphatic heterocycles. The van der Waals surface area contributed by atoms with E-state index in [2.05, 4.69) is 20.8 Å². The Morgan fingerprint density at radius 3 is 0.727 bits per heavy atom. The summed E-state index contributed by atoms with van der Waals surface area (Å²) in [6.07, 6.45) is 47.3. The van der Waals surface area contributed by atoms with Crippen LogP contribution in [0.5, 0.6) is 0 Å². The van der Waals surface area contributed by atoms with Gasteiger partial charge in [-0.25, -0.2) is 0 Å². The van der Waals surface area contributed by atoms with Crippen molar-refractivity contribution in [3.63, 3.8) is 0 Å². The highest BCUT2D eigenvalue weighted by Gasteiger charge is 2.19. The third kappa shape index (κ3) is 43.4. The molecule has 0 radical (unpaired) electrons. The maximum atomic E-state index is 12.5. The molecule has 0 spiro atoms. The predicted molar refractivity (Wildman–Crippen MR) is 233 cm³/mol. The van der Waals surface area contributed by atoms with E-state index in [-0.39, 0.29) is 31.1 Å². The summed E-state index contributed by atoms with van der Waals surface area (Å²) in [4.78, 5) is 37.3. The van der Waals surface area contributed by atoms with Gasteiger partial charge in [0.2, 0.25) is 0 Å². The van der Waals surface area contributed by atoms with Gasteiger partial charge < -0.3 is 14.2 Å². The molecular formula is C49H94O6. The predicted octanol–water partition coefficient (Wildman–Crippen LogP) is 15.6. The first-order valence-corrected chi connectivity index (χ1v) is 24.5. The molecular weight excluding hydrogens is 685 g/mol. The van der Waals surface area contributed by atoms with Crippen molar-refractivity contribution >= 4 is 17.9 Å². The summed E-state index contributed by atoms with van der Waals surface area (Å²) in [6, 6.07) is 0. The molecule has 0 saturated carbocycles. The van der Waals surface area contributed by atoms with E-state index in [1.54, 1.807) is 0 Å². The van der Waals surface area contributed by atoms with Crippen LogP contribution in [-0.2, 0) is 28.6 Å². The maximum absolute atomic E-state index is 12.5. The minimum Gasteiger partial charge on any atom is -0.462 e. The van der Waals surface area contributed by atoms with E-state index in [0.717, 1.165) is 64.2 Å². The molecule has 0 saturated heterocycles. The van der Waals surface area contributed by atoms with Gasteiger partial charge >= 0.3 is 17.9 Å². The van der Waals surface area contributed by atoms with E-state index in [9.17, 15) is 14.4 Å². The van der Waals surface area contributed by atoms with Crippen molar-refractivity contribution in [2.24, 2.45) is 0 Å². The van der Waals surface area contributed by atoms with Crippen LogP contribution in [0.4, 0.5) is 0 Å². The van der Waals surface area contributed by atoms with Crippen molar-refractivity contribution < 1.29 is 28.6 Å². The molecule has 6 heteroatoms. The van der Waals surface area contributed by atoms with Crippen molar-refractivity contribution in [2.45, 2.75) is 284 Å². The Balaban J connectivity index is 3.86. The fourth-order valence-electron chi connectivity index (χ4n) is 7.38. The largest absolute Gasteiger partial charge is 0.462 e. The average molecular weight is 779 g/mol. The number of rotatable bonds is 45. The first kappa shape index (κ1) is 53.4. The standard InChI is InChI=1S/C49H94O6/c1-4-7-10-13-15-16-17-18-19-20-21-22-23-24-25-26-27-28-29-30-31-32-34-36-39-42-48(51)54-45-46(44-53-47(50)41-38-35-12-9-6-3)55-49(52)43-40-37-33-14-11-8-5-2/h46H,4-45H2,1-3H3. The lowest BCUT2D eigenvalue weighted by molar-refractivity contribution is -0.167. The van der Waals surface area contributed by atoms with Gasteiger partial charge in [-0.1, -0.05) is 239 Å². The van der Waals surface area contributed by atoms with E-state index < -0.39 is 6.10 Å². The van der Waals surface area contributed by atoms with Crippen LogP contribution in [-0.4, -0.2) is 37.2 Å². The van der Waals surface area contributed by atoms with Crippen molar-refractivity contribution in [1.29, 1.82) is 0 Å². The molecule has 0 aliphatic carbocycles. The molecule has 0 heterocycles. The molecule has 0 bridgehead atoms. The number of hydrogen-bond donors (Lipinski definition) is 0. The number of carbonyl (C=O) groups is 3. The van der Waals surface area contributed by atoms with Crippen molar-refractivity contribution in [3.8, 4) is 0 Å². The van der Waals surface area contributed by atoms with Crippen molar-refractivity contribution in [2.75, 3.05) is 13.2 Å². The van der Waals surface area contributed by atoms with E-state index in [1.807, 2.05) is 0 Å². The Kier molecular flexibility index (Phi) is 43.8. The molecule has 6 nitrogen and oxygen atoms in total. The number of hydrogen-bond acceptors (Lipinski definition) is 6. The summed E-state index contributed by atoms with van der Waals surface area (Å²) in [5.41, 5.74) is 0. The number of carbonyl (C=O) groups excluding carboxylic acids is 3. The highest BCUT2D eigenvalue weighted by Crippen LogP contribution is 2.17. The number of unbranched alkanes of at least 4 members (excludes halogenated alkanes) is 34. The number of esters is 3. The van der Waals surface area contributed by atoms with Gasteiger partial charge in [-0.05, 0) is 19.3 Å². The molecule has 0 aliphatic rings. The normalized spacial score (nSPS) is 11.8. The van der Waals surface area contributed by atoms with Crippen LogP contribution in [0.15, 0.2) is 0 Å². The Labute approximate surface area is 342 Å². The van der Waals surface area contributed by atoms with Crippen molar-refractivity contribution in [3.05, 3.63) is 0 Å². The van der Waals surface area contributed by atoms with Gasteiger partial charge in [0.1, 0.15) is 13.2 Å². The highest BCUT2D eigenvalue weighted by atomic mass is 16.6.